The van der Waals surface area contributed by atoms with Gasteiger partial charge in [0.15, 0.2) is 6.10 Å². The summed E-state index contributed by atoms with van der Waals surface area (Å²) < 4.78 is 5.82. The number of carbonyl (C=O) groups excluding carboxylic acids is 1. The molecular weight excluding hydrogens is 264 g/mol. The minimum Gasteiger partial charge on any atom is -0.481 e. The Morgan fingerprint density at radius 1 is 1.29 bits per heavy atom. The van der Waals surface area contributed by atoms with E-state index in [9.17, 15) is 4.79 Å². The van der Waals surface area contributed by atoms with Gasteiger partial charge in [-0.2, -0.15) is 0 Å². The van der Waals surface area contributed by atoms with Crippen molar-refractivity contribution in [1.29, 1.82) is 0 Å². The lowest BCUT2D eigenvalue weighted by Gasteiger charge is -2.18. The molecule has 0 saturated heterocycles. The quantitative estimate of drug-likeness (QED) is 0.774. The third-order valence-electron chi connectivity index (χ3n) is 3.11. The number of aryl methyl sites for hydroxylation is 1. The molecule has 0 aliphatic heterocycles. The topological polar surface area (TPSA) is 50.4 Å². The molecule has 0 spiro atoms. The fourth-order valence-electron chi connectivity index (χ4n) is 2.02. The van der Waals surface area contributed by atoms with Gasteiger partial charge in [-0.1, -0.05) is 31.5 Å². The molecule has 0 aliphatic carbocycles. The number of ether oxygens (including phenoxy) is 1. The van der Waals surface area contributed by atoms with Crippen LogP contribution in [0.4, 0.5) is 0 Å². The van der Waals surface area contributed by atoms with Crippen molar-refractivity contribution < 1.29 is 9.53 Å². The van der Waals surface area contributed by atoms with E-state index in [1.807, 2.05) is 19.1 Å². The van der Waals surface area contributed by atoms with Crippen LogP contribution < -0.4 is 15.4 Å². The van der Waals surface area contributed by atoms with Crippen LogP contribution >= 0.6 is 0 Å². The van der Waals surface area contributed by atoms with E-state index in [1.54, 1.807) is 6.92 Å². The highest BCUT2D eigenvalue weighted by Gasteiger charge is 2.15. The number of hydrogen-bond donors (Lipinski definition) is 2. The highest BCUT2D eigenvalue weighted by molar-refractivity contribution is 5.80. The van der Waals surface area contributed by atoms with E-state index >= 15 is 0 Å². The number of amides is 1. The number of hydrogen-bond acceptors (Lipinski definition) is 3. The van der Waals surface area contributed by atoms with Gasteiger partial charge in [0, 0.05) is 18.7 Å². The van der Waals surface area contributed by atoms with Crippen LogP contribution in [0, 0.1) is 12.8 Å². The summed E-state index contributed by atoms with van der Waals surface area (Å²) in [5.41, 5.74) is 2.28. The monoisotopic (exact) mass is 292 g/mol. The van der Waals surface area contributed by atoms with Gasteiger partial charge in [0.1, 0.15) is 5.75 Å². The first-order chi connectivity index (χ1) is 9.93. The van der Waals surface area contributed by atoms with Crippen LogP contribution in [0.15, 0.2) is 18.2 Å². The summed E-state index contributed by atoms with van der Waals surface area (Å²) in [5, 5.41) is 6.19. The summed E-state index contributed by atoms with van der Waals surface area (Å²) in [6, 6.07) is 6.05. The normalized spacial score (nSPS) is 12.3. The van der Waals surface area contributed by atoms with Crippen molar-refractivity contribution in [3.63, 3.8) is 0 Å². The Labute approximate surface area is 128 Å². The van der Waals surface area contributed by atoms with E-state index in [1.165, 1.54) is 5.56 Å². The highest BCUT2D eigenvalue weighted by Crippen LogP contribution is 2.21. The molecule has 118 valence electrons. The fourth-order valence-corrected chi connectivity index (χ4v) is 2.02. The van der Waals surface area contributed by atoms with Gasteiger partial charge in [-0.3, -0.25) is 4.79 Å². The Kier molecular flexibility index (Phi) is 7.23. The predicted molar refractivity (Wildman–Crippen MR) is 86.5 cm³/mol. The molecule has 0 aliphatic rings. The summed E-state index contributed by atoms with van der Waals surface area (Å²) in [5.74, 6) is 1.29. The van der Waals surface area contributed by atoms with Gasteiger partial charge in [0.2, 0.25) is 0 Å². The van der Waals surface area contributed by atoms with Gasteiger partial charge in [-0.25, -0.2) is 0 Å². The Balaban J connectivity index is 2.74. The number of benzene rings is 1. The van der Waals surface area contributed by atoms with Gasteiger partial charge < -0.3 is 15.4 Å². The second kappa shape index (κ2) is 8.67. The fraction of sp³-hybridized carbons (Fsp3) is 0.588. The lowest BCUT2D eigenvalue weighted by atomic mass is 10.1. The average molecular weight is 292 g/mol. The van der Waals surface area contributed by atoms with Gasteiger partial charge >= 0.3 is 0 Å². The maximum absolute atomic E-state index is 11.8. The minimum absolute atomic E-state index is 0.0841. The van der Waals surface area contributed by atoms with E-state index in [4.69, 9.17) is 4.74 Å². The highest BCUT2D eigenvalue weighted by atomic mass is 16.5. The number of carbonyl (C=O) groups is 1. The second-order valence-corrected chi connectivity index (χ2v) is 5.79. The number of rotatable bonds is 8. The molecule has 1 rings (SSSR count). The van der Waals surface area contributed by atoms with E-state index in [-0.39, 0.29) is 5.91 Å². The summed E-state index contributed by atoms with van der Waals surface area (Å²) >= 11 is 0. The van der Waals surface area contributed by atoms with Crippen LogP contribution in [0.2, 0.25) is 0 Å². The maximum Gasteiger partial charge on any atom is 0.260 e. The Hall–Kier alpha value is -1.55. The molecule has 0 bridgehead atoms. The molecule has 4 nitrogen and oxygen atoms in total. The van der Waals surface area contributed by atoms with Crippen molar-refractivity contribution in [1.82, 2.24) is 10.6 Å². The number of likely N-dealkylation sites (N-methyl/N-ethyl adjacent to an activating group) is 1. The van der Waals surface area contributed by atoms with E-state index in [0.717, 1.165) is 24.4 Å². The zero-order valence-electron chi connectivity index (χ0n) is 13.8. The van der Waals surface area contributed by atoms with Crippen LogP contribution in [0.1, 0.15) is 38.8 Å². The Morgan fingerprint density at radius 2 is 2.00 bits per heavy atom. The van der Waals surface area contributed by atoms with Crippen LogP contribution in [-0.2, 0) is 11.3 Å². The third kappa shape index (κ3) is 6.17. The molecule has 0 heterocycles. The number of nitrogens with one attached hydrogen (secondary N) is 2. The van der Waals surface area contributed by atoms with Crippen LogP contribution in [0.5, 0.6) is 5.75 Å². The first-order valence-electron chi connectivity index (χ1n) is 7.68. The molecule has 2 N–H and O–H groups in total. The largest absolute Gasteiger partial charge is 0.481 e. The first kappa shape index (κ1) is 17.5. The molecule has 1 aromatic carbocycles. The van der Waals surface area contributed by atoms with Gasteiger partial charge in [-0.15, -0.1) is 0 Å². The zero-order valence-corrected chi connectivity index (χ0v) is 13.8. The lowest BCUT2D eigenvalue weighted by Crippen LogP contribution is -2.36. The van der Waals surface area contributed by atoms with E-state index in [0.29, 0.717) is 12.5 Å². The molecular formula is C17H28N2O2. The van der Waals surface area contributed by atoms with Crippen molar-refractivity contribution >= 4 is 5.91 Å². The predicted octanol–water partition coefficient (Wildman–Crippen LogP) is 2.64. The molecule has 1 unspecified atom stereocenters. The smallest absolute Gasteiger partial charge is 0.260 e. The van der Waals surface area contributed by atoms with E-state index in [2.05, 4.69) is 37.5 Å². The molecule has 0 saturated carbocycles. The molecule has 0 fully saturated rings. The van der Waals surface area contributed by atoms with Crippen molar-refractivity contribution in [2.75, 3.05) is 13.1 Å². The first-order valence-corrected chi connectivity index (χ1v) is 7.68. The van der Waals surface area contributed by atoms with Crippen molar-refractivity contribution in [3.8, 4) is 5.75 Å². The van der Waals surface area contributed by atoms with Gasteiger partial charge in [0.05, 0.1) is 0 Å². The molecule has 0 radical (unpaired) electrons. The Morgan fingerprint density at radius 3 is 2.62 bits per heavy atom. The minimum atomic E-state index is -0.489. The van der Waals surface area contributed by atoms with Gasteiger partial charge in [-0.05, 0) is 39.3 Å². The summed E-state index contributed by atoms with van der Waals surface area (Å²) in [7, 11) is 0. The molecule has 0 aromatic heterocycles. The third-order valence-corrected chi connectivity index (χ3v) is 3.11. The summed E-state index contributed by atoms with van der Waals surface area (Å²) in [4.78, 5) is 11.8. The van der Waals surface area contributed by atoms with Crippen molar-refractivity contribution in [3.05, 3.63) is 29.3 Å². The SMILES string of the molecule is CCNC(=O)C(C)Oc1ccc(C)cc1CNCC(C)C. The van der Waals surface area contributed by atoms with Crippen LogP contribution in [0.3, 0.4) is 0 Å². The van der Waals surface area contributed by atoms with Crippen LogP contribution in [-0.4, -0.2) is 25.1 Å². The Bertz CT molecular complexity index is 458. The summed E-state index contributed by atoms with van der Waals surface area (Å²) in [6.45, 7) is 12.4. The zero-order chi connectivity index (χ0) is 15.8. The second-order valence-electron chi connectivity index (χ2n) is 5.79. The van der Waals surface area contributed by atoms with Crippen molar-refractivity contribution in [2.24, 2.45) is 5.92 Å². The standard InChI is InChI=1S/C17H28N2O2/c1-6-19-17(20)14(5)21-16-8-7-13(4)9-15(16)11-18-10-12(2)3/h7-9,12,14,18H,6,10-11H2,1-5H3,(H,19,20). The molecule has 1 atom stereocenters. The van der Waals surface area contributed by atoms with E-state index < -0.39 is 6.10 Å². The molecule has 21 heavy (non-hydrogen) atoms. The summed E-state index contributed by atoms with van der Waals surface area (Å²) in [6.07, 6.45) is -0.489. The molecule has 1 amide bonds. The molecule has 4 heteroatoms. The van der Waals surface area contributed by atoms with Gasteiger partial charge in [0.25, 0.3) is 5.91 Å². The lowest BCUT2D eigenvalue weighted by molar-refractivity contribution is -0.127. The average Bonchev–Trinajstić information content (AvgIpc) is 2.41. The van der Waals surface area contributed by atoms with Crippen molar-refractivity contribution in [2.45, 2.75) is 47.3 Å². The maximum atomic E-state index is 11.8. The van der Waals surface area contributed by atoms with Crippen LogP contribution in [0.25, 0.3) is 0 Å². The molecule has 1 aromatic rings.